The normalized spacial score (nSPS) is 21.7. The van der Waals surface area contributed by atoms with Gasteiger partial charge in [0.15, 0.2) is 5.96 Å². The third kappa shape index (κ3) is 4.84. The quantitative estimate of drug-likeness (QED) is 0.532. The highest BCUT2D eigenvalue weighted by molar-refractivity contribution is 9.10. The van der Waals surface area contributed by atoms with E-state index in [9.17, 15) is 4.79 Å². The predicted molar refractivity (Wildman–Crippen MR) is 114 cm³/mol. The van der Waals surface area contributed by atoms with Crippen LogP contribution in [0.5, 0.6) is 0 Å². The van der Waals surface area contributed by atoms with Gasteiger partial charge in [0.1, 0.15) is 0 Å². The molecular formula is C21H31BrN4O. The standard InChI is InChI=1S/C21H31BrN4O/c1-3-19(27)26-13-10-18(14-26)25-20(23-4-2)24-15-21(11-5-12-21)16-6-8-17(22)9-7-16/h6-9,18H,3-5,10-15H2,1-2H3,(H2,23,24,25). The molecule has 5 nitrogen and oxygen atoms in total. The summed E-state index contributed by atoms with van der Waals surface area (Å²) in [5, 5.41) is 6.92. The molecule has 2 fully saturated rings. The molecule has 0 aromatic heterocycles. The largest absolute Gasteiger partial charge is 0.357 e. The molecule has 27 heavy (non-hydrogen) atoms. The van der Waals surface area contributed by atoms with E-state index < -0.39 is 0 Å². The van der Waals surface area contributed by atoms with Gasteiger partial charge in [0.25, 0.3) is 0 Å². The number of rotatable bonds is 6. The summed E-state index contributed by atoms with van der Waals surface area (Å²) in [6.45, 7) is 7.26. The molecule has 6 heteroatoms. The first kappa shape index (κ1) is 20.2. The first-order chi connectivity index (χ1) is 13.1. The Bertz CT molecular complexity index is 669. The Labute approximate surface area is 171 Å². The summed E-state index contributed by atoms with van der Waals surface area (Å²) in [4.78, 5) is 18.8. The number of aliphatic imine (C=N–C) groups is 1. The molecule has 2 N–H and O–H groups in total. The van der Waals surface area contributed by atoms with Gasteiger partial charge in [0, 0.05) is 42.0 Å². The van der Waals surface area contributed by atoms with E-state index in [-0.39, 0.29) is 17.4 Å². The second-order valence-electron chi connectivity index (χ2n) is 7.66. The van der Waals surface area contributed by atoms with Gasteiger partial charge in [-0.2, -0.15) is 0 Å². The molecule has 148 valence electrons. The van der Waals surface area contributed by atoms with Gasteiger partial charge < -0.3 is 15.5 Å². The molecule has 0 spiro atoms. The summed E-state index contributed by atoms with van der Waals surface area (Å²) >= 11 is 3.53. The first-order valence-corrected chi connectivity index (χ1v) is 10.9. The van der Waals surface area contributed by atoms with Gasteiger partial charge in [-0.25, -0.2) is 0 Å². The van der Waals surface area contributed by atoms with Gasteiger partial charge in [0.05, 0.1) is 6.54 Å². The maximum atomic E-state index is 11.9. The molecule has 0 radical (unpaired) electrons. The lowest BCUT2D eigenvalue weighted by atomic mass is 9.64. The Morgan fingerprint density at radius 2 is 2.04 bits per heavy atom. The fraction of sp³-hybridized carbons (Fsp3) is 0.619. The number of likely N-dealkylation sites (tertiary alicyclic amines) is 1. The van der Waals surface area contributed by atoms with Crippen molar-refractivity contribution in [2.75, 3.05) is 26.2 Å². The van der Waals surface area contributed by atoms with Crippen molar-refractivity contribution in [2.24, 2.45) is 4.99 Å². The van der Waals surface area contributed by atoms with Crippen LogP contribution in [0.25, 0.3) is 0 Å². The van der Waals surface area contributed by atoms with Gasteiger partial charge in [-0.3, -0.25) is 9.79 Å². The first-order valence-electron chi connectivity index (χ1n) is 10.1. The number of halogens is 1. The summed E-state index contributed by atoms with van der Waals surface area (Å²) in [5.41, 5.74) is 1.56. The minimum Gasteiger partial charge on any atom is -0.357 e. The summed E-state index contributed by atoms with van der Waals surface area (Å²) in [7, 11) is 0. The van der Waals surface area contributed by atoms with Crippen molar-refractivity contribution >= 4 is 27.8 Å². The van der Waals surface area contributed by atoms with Gasteiger partial charge in [-0.15, -0.1) is 0 Å². The highest BCUT2D eigenvalue weighted by Gasteiger charge is 2.38. The van der Waals surface area contributed by atoms with E-state index in [0.29, 0.717) is 6.42 Å². The van der Waals surface area contributed by atoms with Crippen molar-refractivity contribution in [1.82, 2.24) is 15.5 Å². The van der Waals surface area contributed by atoms with E-state index in [4.69, 9.17) is 4.99 Å². The van der Waals surface area contributed by atoms with Crippen LogP contribution in [0.3, 0.4) is 0 Å². The summed E-state index contributed by atoms with van der Waals surface area (Å²) < 4.78 is 1.12. The van der Waals surface area contributed by atoms with Crippen LogP contribution in [-0.4, -0.2) is 49.0 Å². The predicted octanol–water partition coefficient (Wildman–Crippen LogP) is 3.44. The molecule has 3 rings (SSSR count). The summed E-state index contributed by atoms with van der Waals surface area (Å²) in [5.74, 6) is 1.11. The number of carbonyl (C=O) groups is 1. The number of carbonyl (C=O) groups excluding carboxylic acids is 1. The molecule has 1 amide bonds. The average molecular weight is 435 g/mol. The van der Waals surface area contributed by atoms with E-state index in [1.165, 1.54) is 24.8 Å². The number of nitrogens with zero attached hydrogens (tertiary/aromatic N) is 2. The van der Waals surface area contributed by atoms with Gasteiger partial charge >= 0.3 is 0 Å². The van der Waals surface area contributed by atoms with E-state index in [1.807, 2.05) is 11.8 Å². The number of amides is 1. The third-order valence-corrected chi connectivity index (χ3v) is 6.36. The SMILES string of the molecule is CCNC(=NCC1(c2ccc(Br)cc2)CCC1)NC1CCN(C(=O)CC)C1. The highest BCUT2D eigenvalue weighted by atomic mass is 79.9. The zero-order valence-electron chi connectivity index (χ0n) is 16.4. The Morgan fingerprint density at radius 3 is 2.63 bits per heavy atom. The van der Waals surface area contributed by atoms with Crippen molar-refractivity contribution in [1.29, 1.82) is 0 Å². The zero-order chi connectivity index (χ0) is 19.3. The van der Waals surface area contributed by atoms with Gasteiger partial charge in [-0.1, -0.05) is 41.4 Å². The Hall–Kier alpha value is -1.56. The minimum absolute atomic E-state index is 0.170. The maximum Gasteiger partial charge on any atom is 0.222 e. The molecule has 1 aromatic rings. The summed E-state index contributed by atoms with van der Waals surface area (Å²) in [6.07, 6.45) is 5.22. The van der Waals surface area contributed by atoms with E-state index >= 15 is 0 Å². The molecule has 1 heterocycles. The number of guanidine groups is 1. The number of benzene rings is 1. The van der Waals surface area contributed by atoms with Crippen molar-refractivity contribution in [2.45, 2.75) is 57.4 Å². The van der Waals surface area contributed by atoms with Gasteiger partial charge in [0.2, 0.25) is 5.91 Å². The van der Waals surface area contributed by atoms with Crippen LogP contribution in [0.2, 0.25) is 0 Å². The lowest BCUT2D eigenvalue weighted by molar-refractivity contribution is -0.129. The fourth-order valence-corrected chi connectivity index (χ4v) is 4.28. The van der Waals surface area contributed by atoms with Crippen LogP contribution in [0.4, 0.5) is 0 Å². The molecule has 2 aliphatic rings. The van der Waals surface area contributed by atoms with Crippen molar-refractivity contribution < 1.29 is 4.79 Å². The number of nitrogens with one attached hydrogen (secondary N) is 2. The van der Waals surface area contributed by atoms with Crippen molar-refractivity contribution in [3.63, 3.8) is 0 Å². The molecule has 1 atom stereocenters. The van der Waals surface area contributed by atoms with Crippen LogP contribution in [-0.2, 0) is 10.2 Å². The zero-order valence-corrected chi connectivity index (χ0v) is 18.0. The lowest BCUT2D eigenvalue weighted by Crippen LogP contribution is -2.46. The number of hydrogen-bond donors (Lipinski definition) is 2. The van der Waals surface area contributed by atoms with Crippen molar-refractivity contribution in [3.05, 3.63) is 34.3 Å². The second-order valence-corrected chi connectivity index (χ2v) is 8.57. The average Bonchev–Trinajstić information content (AvgIpc) is 3.10. The monoisotopic (exact) mass is 434 g/mol. The molecule has 1 saturated carbocycles. The van der Waals surface area contributed by atoms with Crippen LogP contribution in [0.1, 0.15) is 51.5 Å². The van der Waals surface area contributed by atoms with Crippen molar-refractivity contribution in [3.8, 4) is 0 Å². The minimum atomic E-state index is 0.170. The Balaban J connectivity index is 1.65. The topological polar surface area (TPSA) is 56.7 Å². The molecule has 1 saturated heterocycles. The Kier molecular flexibility index (Phi) is 6.79. The number of hydrogen-bond acceptors (Lipinski definition) is 2. The molecule has 1 aliphatic heterocycles. The van der Waals surface area contributed by atoms with E-state index in [1.54, 1.807) is 0 Å². The van der Waals surface area contributed by atoms with Crippen LogP contribution in [0.15, 0.2) is 33.7 Å². The van der Waals surface area contributed by atoms with E-state index in [0.717, 1.165) is 43.0 Å². The van der Waals surface area contributed by atoms with Gasteiger partial charge in [-0.05, 0) is 43.9 Å². The smallest absolute Gasteiger partial charge is 0.222 e. The molecule has 1 aromatic carbocycles. The Morgan fingerprint density at radius 1 is 1.30 bits per heavy atom. The molecule has 1 unspecified atom stereocenters. The maximum absolute atomic E-state index is 11.9. The van der Waals surface area contributed by atoms with Crippen LogP contribution < -0.4 is 10.6 Å². The second kappa shape index (κ2) is 9.09. The molecule has 1 aliphatic carbocycles. The molecule has 0 bridgehead atoms. The van der Waals surface area contributed by atoms with Crippen LogP contribution >= 0.6 is 15.9 Å². The fourth-order valence-electron chi connectivity index (χ4n) is 4.02. The molecular weight excluding hydrogens is 404 g/mol. The van der Waals surface area contributed by atoms with E-state index in [2.05, 4.69) is 57.8 Å². The summed E-state index contributed by atoms with van der Waals surface area (Å²) in [6, 6.07) is 8.98. The van der Waals surface area contributed by atoms with Crippen LogP contribution in [0, 0.1) is 0 Å². The lowest BCUT2D eigenvalue weighted by Gasteiger charge is -2.41. The highest BCUT2D eigenvalue weighted by Crippen LogP contribution is 2.44. The third-order valence-electron chi connectivity index (χ3n) is 5.84.